The maximum atomic E-state index is 9.44. The molecule has 0 radical (unpaired) electrons. The number of hydrogen-bond acceptors (Lipinski definition) is 1. The first-order chi connectivity index (χ1) is 1.73. The van der Waals surface area contributed by atoms with E-state index in [4.69, 9.17) is 0 Å². The molecule has 0 rings (SSSR count). The fraction of sp³-hybridized carbons (Fsp3) is 0.667. The third-order valence-corrected chi connectivity index (χ3v) is 0. The summed E-state index contributed by atoms with van der Waals surface area (Å²) < 4.78 is 0. The second kappa shape index (κ2) is 9.17. The summed E-state index contributed by atoms with van der Waals surface area (Å²) in [6, 6.07) is 0. The monoisotopic (exact) mass is 154 g/mol. The summed E-state index contributed by atoms with van der Waals surface area (Å²) >= 11 is 0. The predicted molar refractivity (Wildman–Crippen MR) is 23.7 cm³/mol. The van der Waals surface area contributed by atoms with Crippen molar-refractivity contribution < 1.29 is 24.3 Å². The van der Waals surface area contributed by atoms with E-state index in [1.54, 1.807) is 0 Å². The topological polar surface area (TPSA) is 17.1 Å². The van der Waals surface area contributed by atoms with Crippen LogP contribution >= 0.6 is 0 Å². The Labute approximate surface area is 57.7 Å². The van der Waals surface area contributed by atoms with Crippen LogP contribution in [0, 0.1) is 0 Å². The van der Waals surface area contributed by atoms with Crippen LogP contribution in [0.3, 0.4) is 0 Å². The van der Waals surface area contributed by atoms with Gasteiger partial charge in [-0.25, -0.2) is 0 Å². The Morgan fingerprint density at radius 3 is 1.33 bits per heavy atom. The van der Waals surface area contributed by atoms with Crippen molar-refractivity contribution in [2.45, 2.75) is 13.8 Å². The molecular formula is C3H6OSZn. The first-order valence-electron chi connectivity index (χ1n) is 1.20. The molecule has 0 unspecified atom stereocenters. The van der Waals surface area contributed by atoms with Crippen molar-refractivity contribution in [2.75, 3.05) is 0 Å². The summed E-state index contributed by atoms with van der Waals surface area (Å²) in [5.74, 6) is 0.167. The van der Waals surface area contributed by atoms with Crippen LogP contribution in [0.2, 0.25) is 0 Å². The molecule has 0 saturated carbocycles. The van der Waals surface area contributed by atoms with Gasteiger partial charge in [-0.2, -0.15) is 0 Å². The number of hydrogen-bond donors (Lipinski definition) is 0. The molecule has 0 bridgehead atoms. The largest absolute Gasteiger partial charge is 2.00 e. The van der Waals surface area contributed by atoms with Gasteiger partial charge in [0.25, 0.3) is 0 Å². The van der Waals surface area contributed by atoms with Gasteiger partial charge in [0, 0.05) is 0 Å². The van der Waals surface area contributed by atoms with E-state index in [0.29, 0.717) is 0 Å². The van der Waals surface area contributed by atoms with Crippen LogP contribution in [-0.2, 0) is 37.8 Å². The molecule has 0 aromatic heterocycles. The third kappa shape index (κ3) is 149. The van der Waals surface area contributed by atoms with Gasteiger partial charge >= 0.3 is 19.5 Å². The average Bonchev–Trinajstić information content (AvgIpc) is 0.811. The number of ketones is 1. The first kappa shape index (κ1) is 15.9. The van der Waals surface area contributed by atoms with E-state index in [9.17, 15) is 4.79 Å². The number of carbonyl (C=O) groups excluding carboxylic acids is 1. The minimum Gasteiger partial charge on any atom is -2.00 e. The zero-order chi connectivity index (χ0) is 3.58. The molecule has 0 aliphatic carbocycles. The summed E-state index contributed by atoms with van der Waals surface area (Å²) in [5.41, 5.74) is 0. The smallest absolute Gasteiger partial charge is 2.00 e. The minimum atomic E-state index is 0. The molecule has 0 fully saturated rings. The molecule has 0 atom stereocenters. The normalized spacial score (nSPS) is 4.33. The van der Waals surface area contributed by atoms with Crippen molar-refractivity contribution in [1.29, 1.82) is 0 Å². The second-order valence-electron chi connectivity index (χ2n) is 0.908. The number of rotatable bonds is 0. The molecule has 0 aromatic rings. The molecule has 6 heavy (non-hydrogen) atoms. The fourth-order valence-electron chi connectivity index (χ4n) is 0. The maximum absolute atomic E-state index is 9.44. The first-order valence-corrected chi connectivity index (χ1v) is 1.20. The molecule has 0 saturated heterocycles. The van der Waals surface area contributed by atoms with Gasteiger partial charge in [-0.05, 0) is 13.8 Å². The van der Waals surface area contributed by atoms with Crippen LogP contribution in [0.15, 0.2) is 0 Å². The van der Waals surface area contributed by atoms with Crippen molar-refractivity contribution >= 4 is 19.3 Å². The van der Waals surface area contributed by atoms with Crippen molar-refractivity contribution in [3.05, 3.63) is 0 Å². The van der Waals surface area contributed by atoms with E-state index in [-0.39, 0.29) is 38.8 Å². The van der Waals surface area contributed by atoms with Gasteiger partial charge in [0.05, 0.1) is 0 Å². The predicted octanol–water partition coefficient (Wildman–Crippen LogP) is 0.590. The molecule has 0 amide bonds. The van der Waals surface area contributed by atoms with Crippen molar-refractivity contribution in [3.8, 4) is 0 Å². The van der Waals surface area contributed by atoms with E-state index < -0.39 is 0 Å². The SMILES string of the molecule is CC(C)=O.[S-2].[Zn+2]. The molecule has 32 valence electrons. The Morgan fingerprint density at radius 2 is 1.33 bits per heavy atom. The van der Waals surface area contributed by atoms with Crippen LogP contribution in [0.4, 0.5) is 0 Å². The van der Waals surface area contributed by atoms with Gasteiger partial charge in [-0.15, -0.1) is 0 Å². The van der Waals surface area contributed by atoms with Crippen molar-refractivity contribution in [1.82, 2.24) is 0 Å². The third-order valence-electron chi connectivity index (χ3n) is 0. The van der Waals surface area contributed by atoms with Crippen LogP contribution in [-0.4, -0.2) is 5.78 Å². The Hall–Kier alpha value is 0.643. The van der Waals surface area contributed by atoms with Crippen LogP contribution in [0.25, 0.3) is 0 Å². The summed E-state index contributed by atoms with van der Waals surface area (Å²) in [6.07, 6.45) is 0. The van der Waals surface area contributed by atoms with Gasteiger partial charge in [-0.1, -0.05) is 0 Å². The Balaban J connectivity index is -0.0000000450. The zero-order valence-corrected chi connectivity index (χ0v) is 7.81. The molecule has 0 heterocycles. The summed E-state index contributed by atoms with van der Waals surface area (Å²) in [7, 11) is 0. The van der Waals surface area contributed by atoms with Crippen LogP contribution < -0.4 is 0 Å². The van der Waals surface area contributed by atoms with E-state index in [1.165, 1.54) is 13.8 Å². The minimum absolute atomic E-state index is 0. The van der Waals surface area contributed by atoms with Gasteiger partial charge < -0.3 is 18.3 Å². The fourth-order valence-corrected chi connectivity index (χ4v) is 0. The second-order valence-corrected chi connectivity index (χ2v) is 0.908. The summed E-state index contributed by atoms with van der Waals surface area (Å²) in [6.45, 7) is 3.06. The van der Waals surface area contributed by atoms with Crippen LogP contribution in [0.1, 0.15) is 13.8 Å². The van der Waals surface area contributed by atoms with E-state index in [0.717, 1.165) is 0 Å². The van der Waals surface area contributed by atoms with Crippen LogP contribution in [0.5, 0.6) is 0 Å². The van der Waals surface area contributed by atoms with E-state index in [2.05, 4.69) is 0 Å². The average molecular weight is 156 g/mol. The van der Waals surface area contributed by atoms with Crippen molar-refractivity contribution in [2.24, 2.45) is 0 Å². The maximum Gasteiger partial charge on any atom is 2.00 e. The Kier molecular flexibility index (Phi) is 24.4. The van der Waals surface area contributed by atoms with Gasteiger partial charge in [0.2, 0.25) is 0 Å². The van der Waals surface area contributed by atoms with Crippen molar-refractivity contribution in [3.63, 3.8) is 0 Å². The van der Waals surface area contributed by atoms with Gasteiger partial charge in [-0.3, -0.25) is 0 Å². The molecule has 0 spiro atoms. The molecule has 1 nitrogen and oxygen atoms in total. The summed E-state index contributed by atoms with van der Waals surface area (Å²) in [4.78, 5) is 9.44. The standard InChI is InChI=1S/C3H6O.S.Zn/c1-3(2)4;;/h1-2H3;;/q;-2;+2. The zero-order valence-electron chi connectivity index (χ0n) is 4.02. The molecule has 0 aromatic carbocycles. The molecule has 3 heteroatoms. The van der Waals surface area contributed by atoms with Gasteiger partial charge in [0.15, 0.2) is 0 Å². The van der Waals surface area contributed by atoms with Gasteiger partial charge in [0.1, 0.15) is 5.78 Å². The van der Waals surface area contributed by atoms with E-state index in [1.807, 2.05) is 0 Å². The molecule has 0 aliphatic rings. The summed E-state index contributed by atoms with van der Waals surface area (Å²) in [5, 5.41) is 0. The number of Topliss-reactive ketones (excluding diaryl/α,β-unsaturated/α-hetero) is 1. The molecular weight excluding hydrogens is 149 g/mol. The van der Waals surface area contributed by atoms with E-state index >= 15 is 0 Å². The molecule has 0 N–H and O–H groups in total. The quantitative estimate of drug-likeness (QED) is 0.468. The molecule has 0 aliphatic heterocycles. The number of carbonyl (C=O) groups is 1. The Bertz CT molecular complexity index is 33.8. The Morgan fingerprint density at radius 1 is 1.33 bits per heavy atom.